The number of carbonyl (C=O) groups excluding carboxylic acids is 1. The van der Waals surface area contributed by atoms with Gasteiger partial charge in [0.25, 0.3) is 5.91 Å². The van der Waals surface area contributed by atoms with E-state index in [1.165, 1.54) is 39.5 Å². The summed E-state index contributed by atoms with van der Waals surface area (Å²) in [5, 5.41) is -0.233. The van der Waals surface area contributed by atoms with Crippen molar-refractivity contribution in [2.75, 3.05) is 39.4 Å². The fourth-order valence-electron chi connectivity index (χ4n) is 3.30. The molecule has 2 aromatic rings. The van der Waals surface area contributed by atoms with Gasteiger partial charge in [-0.15, -0.1) is 0 Å². The molecular formula is C19H18ClFN2O5S. The molecule has 2 aliphatic rings. The number of carbonyl (C=O) groups is 1. The Hall–Kier alpha value is -2.36. The summed E-state index contributed by atoms with van der Waals surface area (Å²) in [4.78, 5) is 14.2. The minimum Gasteiger partial charge on any atom is -0.486 e. The molecule has 1 fully saturated rings. The third-order valence-corrected chi connectivity index (χ3v) is 7.14. The van der Waals surface area contributed by atoms with E-state index < -0.39 is 21.7 Å². The van der Waals surface area contributed by atoms with Gasteiger partial charge in [0.2, 0.25) is 10.0 Å². The monoisotopic (exact) mass is 440 g/mol. The lowest BCUT2D eigenvalue weighted by Gasteiger charge is -2.34. The Balaban J connectivity index is 1.47. The van der Waals surface area contributed by atoms with E-state index in [0.717, 1.165) is 0 Å². The van der Waals surface area contributed by atoms with Crippen LogP contribution in [0.2, 0.25) is 5.02 Å². The second-order valence-corrected chi connectivity index (χ2v) is 8.92. The van der Waals surface area contributed by atoms with Gasteiger partial charge < -0.3 is 14.4 Å². The highest BCUT2D eigenvalue weighted by atomic mass is 35.5. The van der Waals surface area contributed by atoms with Crippen LogP contribution in [0.3, 0.4) is 0 Å². The second kappa shape index (κ2) is 7.81. The van der Waals surface area contributed by atoms with Crippen molar-refractivity contribution in [1.29, 1.82) is 0 Å². The highest BCUT2D eigenvalue weighted by molar-refractivity contribution is 7.89. The molecule has 2 aliphatic heterocycles. The summed E-state index contributed by atoms with van der Waals surface area (Å²) in [6, 6.07) is 8.55. The summed E-state index contributed by atoms with van der Waals surface area (Å²) >= 11 is 5.90. The SMILES string of the molecule is O=C(c1cccc(F)c1Cl)N1CCN(S(=O)(=O)c2ccc3c(c2)OCCO3)CC1. The van der Waals surface area contributed by atoms with Crippen LogP contribution in [0.1, 0.15) is 10.4 Å². The van der Waals surface area contributed by atoms with Gasteiger partial charge in [0.15, 0.2) is 11.5 Å². The molecule has 1 saturated heterocycles. The molecule has 0 unspecified atom stereocenters. The zero-order valence-corrected chi connectivity index (χ0v) is 16.9. The first-order valence-electron chi connectivity index (χ1n) is 9.01. The molecule has 0 N–H and O–H groups in total. The van der Waals surface area contributed by atoms with Crippen LogP contribution >= 0.6 is 11.6 Å². The maximum Gasteiger partial charge on any atom is 0.255 e. The van der Waals surface area contributed by atoms with Crippen molar-refractivity contribution in [3.05, 3.63) is 52.8 Å². The molecular weight excluding hydrogens is 423 g/mol. The Morgan fingerprint density at radius 1 is 1.00 bits per heavy atom. The average molecular weight is 441 g/mol. The van der Waals surface area contributed by atoms with E-state index in [-0.39, 0.29) is 41.7 Å². The van der Waals surface area contributed by atoms with Crippen molar-refractivity contribution in [2.45, 2.75) is 4.90 Å². The highest BCUT2D eigenvalue weighted by Crippen LogP contribution is 2.33. The smallest absolute Gasteiger partial charge is 0.255 e. The number of halogens is 2. The minimum atomic E-state index is -3.75. The summed E-state index contributed by atoms with van der Waals surface area (Å²) < 4.78 is 51.8. The minimum absolute atomic E-state index is 0.0646. The van der Waals surface area contributed by atoms with Crippen LogP contribution in [0.4, 0.5) is 4.39 Å². The van der Waals surface area contributed by atoms with E-state index in [2.05, 4.69) is 0 Å². The van der Waals surface area contributed by atoms with Crippen LogP contribution in [0, 0.1) is 5.82 Å². The van der Waals surface area contributed by atoms with Crippen LogP contribution in [0.15, 0.2) is 41.3 Å². The number of piperazine rings is 1. The standard InChI is InChI=1S/C19H18ClFN2O5S/c20-18-14(2-1-3-15(18)21)19(24)22-6-8-23(9-7-22)29(25,26)13-4-5-16-17(12-13)28-11-10-27-16/h1-5,12H,6-11H2. The molecule has 29 heavy (non-hydrogen) atoms. The van der Waals surface area contributed by atoms with Gasteiger partial charge in [-0.25, -0.2) is 12.8 Å². The van der Waals surface area contributed by atoms with Crippen molar-refractivity contribution in [3.63, 3.8) is 0 Å². The molecule has 10 heteroatoms. The van der Waals surface area contributed by atoms with Crippen LogP contribution in [-0.2, 0) is 10.0 Å². The lowest BCUT2D eigenvalue weighted by atomic mass is 10.2. The van der Waals surface area contributed by atoms with Crippen molar-refractivity contribution < 1.29 is 27.1 Å². The third kappa shape index (κ3) is 3.77. The number of nitrogens with zero attached hydrogens (tertiary/aromatic N) is 2. The molecule has 0 aliphatic carbocycles. The van der Waals surface area contributed by atoms with Gasteiger partial charge in [-0.1, -0.05) is 17.7 Å². The number of rotatable bonds is 3. The quantitative estimate of drug-likeness (QED) is 0.732. The largest absolute Gasteiger partial charge is 0.486 e. The van der Waals surface area contributed by atoms with Gasteiger partial charge in [0.1, 0.15) is 19.0 Å². The summed E-state index contributed by atoms with van der Waals surface area (Å²) in [5.41, 5.74) is 0.0646. The predicted octanol–water partition coefficient (Wildman–Crippen LogP) is 2.40. The van der Waals surface area contributed by atoms with E-state index in [4.69, 9.17) is 21.1 Å². The van der Waals surface area contributed by atoms with Gasteiger partial charge in [-0.2, -0.15) is 4.31 Å². The Kier molecular flexibility index (Phi) is 5.37. The van der Waals surface area contributed by atoms with Gasteiger partial charge in [0.05, 0.1) is 15.5 Å². The molecule has 2 heterocycles. The van der Waals surface area contributed by atoms with Crippen LogP contribution in [0.5, 0.6) is 11.5 Å². The number of sulfonamides is 1. The van der Waals surface area contributed by atoms with Crippen LogP contribution in [0.25, 0.3) is 0 Å². The number of hydrogen-bond donors (Lipinski definition) is 0. The molecule has 7 nitrogen and oxygen atoms in total. The number of amides is 1. The molecule has 0 atom stereocenters. The summed E-state index contributed by atoms with van der Waals surface area (Å²) in [5.74, 6) is -0.187. The summed E-state index contributed by atoms with van der Waals surface area (Å²) in [6.07, 6.45) is 0. The maximum absolute atomic E-state index is 13.6. The average Bonchev–Trinajstić information content (AvgIpc) is 2.75. The normalized spacial score (nSPS) is 17.2. The van der Waals surface area contributed by atoms with E-state index >= 15 is 0 Å². The van der Waals surface area contributed by atoms with Gasteiger partial charge in [-0.3, -0.25) is 4.79 Å². The third-order valence-electron chi connectivity index (χ3n) is 4.86. The number of hydrogen-bond acceptors (Lipinski definition) is 5. The first-order valence-corrected chi connectivity index (χ1v) is 10.8. The van der Waals surface area contributed by atoms with Gasteiger partial charge in [-0.05, 0) is 24.3 Å². The first-order chi connectivity index (χ1) is 13.9. The molecule has 1 amide bonds. The Morgan fingerprint density at radius 3 is 2.41 bits per heavy atom. The zero-order chi connectivity index (χ0) is 20.6. The van der Waals surface area contributed by atoms with Crippen molar-refractivity contribution in [2.24, 2.45) is 0 Å². The highest BCUT2D eigenvalue weighted by Gasteiger charge is 2.32. The lowest BCUT2D eigenvalue weighted by Crippen LogP contribution is -2.50. The van der Waals surface area contributed by atoms with Crippen molar-refractivity contribution >= 4 is 27.5 Å². The summed E-state index contributed by atoms with van der Waals surface area (Å²) in [6.45, 7) is 1.38. The molecule has 0 saturated carbocycles. The van der Waals surface area contributed by atoms with Crippen molar-refractivity contribution in [1.82, 2.24) is 9.21 Å². The molecule has 0 radical (unpaired) electrons. The molecule has 154 valence electrons. The molecule has 0 aromatic heterocycles. The number of benzene rings is 2. The first kappa shape index (κ1) is 19.9. The van der Waals surface area contributed by atoms with E-state index in [9.17, 15) is 17.6 Å². The Labute approximate surface area is 172 Å². The maximum atomic E-state index is 13.6. The van der Waals surface area contributed by atoms with E-state index in [1.54, 1.807) is 6.07 Å². The Bertz CT molecular complexity index is 1050. The fourth-order valence-corrected chi connectivity index (χ4v) is 4.95. The predicted molar refractivity (Wildman–Crippen MR) is 104 cm³/mol. The van der Waals surface area contributed by atoms with Gasteiger partial charge in [0, 0.05) is 32.2 Å². The molecule has 0 spiro atoms. The van der Waals surface area contributed by atoms with Crippen LogP contribution < -0.4 is 9.47 Å². The lowest BCUT2D eigenvalue weighted by molar-refractivity contribution is 0.0697. The number of ether oxygens (including phenoxy) is 2. The topological polar surface area (TPSA) is 76.2 Å². The molecule has 4 rings (SSSR count). The van der Waals surface area contributed by atoms with Crippen LogP contribution in [-0.4, -0.2) is 62.9 Å². The van der Waals surface area contributed by atoms with E-state index in [0.29, 0.717) is 24.7 Å². The number of fused-ring (bicyclic) bond motifs is 1. The fraction of sp³-hybridized carbons (Fsp3) is 0.316. The van der Waals surface area contributed by atoms with Crippen molar-refractivity contribution in [3.8, 4) is 11.5 Å². The molecule has 2 aromatic carbocycles. The zero-order valence-electron chi connectivity index (χ0n) is 15.3. The Morgan fingerprint density at radius 2 is 1.69 bits per heavy atom. The summed E-state index contributed by atoms with van der Waals surface area (Å²) in [7, 11) is -3.75. The van der Waals surface area contributed by atoms with Gasteiger partial charge >= 0.3 is 0 Å². The van der Waals surface area contributed by atoms with E-state index in [1.807, 2.05) is 0 Å². The molecule has 0 bridgehead atoms. The second-order valence-electron chi connectivity index (χ2n) is 6.60.